The smallest absolute Gasteiger partial charge is 0.319 e. The molecule has 2 atom stereocenters. The lowest BCUT2D eigenvalue weighted by atomic mass is 9.53. The number of ether oxygens (including phenoxy) is 2. The van der Waals surface area contributed by atoms with Crippen LogP contribution in [0, 0.1) is 16.2 Å². The molecule has 0 aromatic carbocycles. The molecule has 0 amide bonds. The zero-order chi connectivity index (χ0) is 13.8. The highest BCUT2D eigenvalue weighted by Crippen LogP contribution is 2.58. The van der Waals surface area contributed by atoms with Gasteiger partial charge in [0.15, 0.2) is 0 Å². The average Bonchev–Trinajstić information content (AvgIpc) is 2.24. The second kappa shape index (κ2) is 3.56. The maximum Gasteiger partial charge on any atom is 0.319 e. The molecule has 0 radical (unpaired) electrons. The fraction of sp³-hybridized carbons (Fsp3) is 0.769. The van der Waals surface area contributed by atoms with Gasteiger partial charge in [-0.1, -0.05) is 0 Å². The van der Waals surface area contributed by atoms with E-state index < -0.39 is 28.2 Å². The predicted molar refractivity (Wildman–Crippen MR) is 61.3 cm³/mol. The molecule has 0 aromatic rings. The Labute approximate surface area is 106 Å². The van der Waals surface area contributed by atoms with E-state index in [0.29, 0.717) is 19.3 Å². The van der Waals surface area contributed by atoms with Crippen LogP contribution in [0.5, 0.6) is 0 Å². The molecule has 100 valence electrons. The molecule has 5 nitrogen and oxygen atoms in total. The minimum atomic E-state index is -0.814. The third kappa shape index (κ3) is 1.64. The van der Waals surface area contributed by atoms with Gasteiger partial charge in [-0.2, -0.15) is 0 Å². The summed E-state index contributed by atoms with van der Waals surface area (Å²) in [7, 11) is 1.32. The first kappa shape index (κ1) is 13.1. The van der Waals surface area contributed by atoms with Crippen molar-refractivity contribution >= 4 is 17.9 Å². The molecule has 1 aliphatic carbocycles. The summed E-state index contributed by atoms with van der Waals surface area (Å²) in [4.78, 5) is 35.7. The van der Waals surface area contributed by atoms with Crippen LogP contribution in [-0.2, 0) is 23.9 Å². The number of methoxy groups -OCH3 is 1. The van der Waals surface area contributed by atoms with E-state index in [1.165, 1.54) is 7.11 Å². The number of rotatable bonds is 1. The van der Waals surface area contributed by atoms with Gasteiger partial charge in [0.25, 0.3) is 0 Å². The van der Waals surface area contributed by atoms with Gasteiger partial charge in [0.1, 0.15) is 0 Å². The van der Waals surface area contributed by atoms with Gasteiger partial charge in [0, 0.05) is 0 Å². The first-order valence-corrected chi connectivity index (χ1v) is 6.00. The van der Waals surface area contributed by atoms with Crippen LogP contribution in [0.25, 0.3) is 0 Å². The zero-order valence-corrected chi connectivity index (χ0v) is 11.2. The third-order valence-corrected chi connectivity index (χ3v) is 4.19. The molecular weight excluding hydrogens is 236 g/mol. The molecule has 2 rings (SSSR count). The largest absolute Gasteiger partial charge is 0.469 e. The standard InChI is InChI=1S/C13H18O5/c1-11(8(14)17-4)5-12(2)7-13(3,6-11)10(16)18-9(12)15/h5-7H2,1-4H3. The van der Waals surface area contributed by atoms with Gasteiger partial charge in [0.2, 0.25) is 0 Å². The van der Waals surface area contributed by atoms with E-state index >= 15 is 0 Å². The summed E-state index contributed by atoms with van der Waals surface area (Å²) in [6.07, 6.45) is 1.15. The quantitative estimate of drug-likeness (QED) is 0.523. The number of cyclic esters (lactones) is 2. The van der Waals surface area contributed by atoms with Crippen LogP contribution in [0.4, 0.5) is 0 Å². The number of fused-ring (bicyclic) bond motifs is 2. The molecule has 18 heavy (non-hydrogen) atoms. The van der Waals surface area contributed by atoms with Crippen molar-refractivity contribution in [3.8, 4) is 0 Å². The number of carbonyl (C=O) groups is 3. The molecule has 2 aliphatic rings. The van der Waals surface area contributed by atoms with Crippen LogP contribution >= 0.6 is 0 Å². The molecule has 2 bridgehead atoms. The van der Waals surface area contributed by atoms with E-state index in [9.17, 15) is 14.4 Å². The lowest BCUT2D eigenvalue weighted by Crippen LogP contribution is -2.57. The average molecular weight is 254 g/mol. The van der Waals surface area contributed by atoms with Crippen molar-refractivity contribution in [1.82, 2.24) is 0 Å². The summed E-state index contributed by atoms with van der Waals surface area (Å²) in [5.74, 6) is -1.43. The number of esters is 3. The highest BCUT2D eigenvalue weighted by Gasteiger charge is 2.62. The van der Waals surface area contributed by atoms with Gasteiger partial charge in [0.05, 0.1) is 23.4 Å². The van der Waals surface area contributed by atoms with Gasteiger partial charge in [-0.05, 0) is 40.0 Å². The number of carbonyl (C=O) groups excluding carboxylic acids is 3. The summed E-state index contributed by atoms with van der Waals surface area (Å²) >= 11 is 0. The monoisotopic (exact) mass is 254 g/mol. The molecule has 1 saturated carbocycles. The van der Waals surface area contributed by atoms with Crippen LogP contribution in [-0.4, -0.2) is 25.0 Å². The lowest BCUT2D eigenvalue weighted by Gasteiger charge is -2.51. The summed E-state index contributed by atoms with van der Waals surface area (Å²) in [6, 6.07) is 0. The minimum absolute atomic E-state index is 0.356. The van der Waals surface area contributed by atoms with Gasteiger partial charge >= 0.3 is 17.9 Å². The summed E-state index contributed by atoms with van der Waals surface area (Å²) < 4.78 is 9.65. The van der Waals surface area contributed by atoms with E-state index in [-0.39, 0.29) is 5.97 Å². The van der Waals surface area contributed by atoms with E-state index in [4.69, 9.17) is 9.47 Å². The highest BCUT2D eigenvalue weighted by atomic mass is 16.6. The van der Waals surface area contributed by atoms with Crippen molar-refractivity contribution in [2.24, 2.45) is 16.2 Å². The summed E-state index contributed by atoms with van der Waals surface area (Å²) in [5.41, 5.74) is -2.39. The Balaban J connectivity index is 2.45. The van der Waals surface area contributed by atoms with E-state index in [2.05, 4.69) is 0 Å². The Kier molecular flexibility index (Phi) is 2.58. The Morgan fingerprint density at radius 2 is 1.50 bits per heavy atom. The molecule has 1 saturated heterocycles. The maximum absolute atomic E-state index is 11.9. The summed E-state index contributed by atoms with van der Waals surface area (Å²) in [5, 5.41) is 0. The first-order chi connectivity index (χ1) is 8.15. The van der Waals surface area contributed by atoms with Crippen LogP contribution < -0.4 is 0 Å². The van der Waals surface area contributed by atoms with Crippen molar-refractivity contribution in [3.63, 3.8) is 0 Å². The van der Waals surface area contributed by atoms with E-state index in [1.54, 1.807) is 20.8 Å². The van der Waals surface area contributed by atoms with Crippen LogP contribution in [0.1, 0.15) is 40.0 Å². The lowest BCUT2D eigenvalue weighted by molar-refractivity contribution is -0.199. The van der Waals surface area contributed by atoms with Crippen molar-refractivity contribution in [3.05, 3.63) is 0 Å². The maximum atomic E-state index is 11.9. The van der Waals surface area contributed by atoms with Gasteiger partial charge in [-0.25, -0.2) is 0 Å². The Bertz CT molecular complexity index is 413. The van der Waals surface area contributed by atoms with Gasteiger partial charge in [-0.15, -0.1) is 0 Å². The molecule has 2 fully saturated rings. The van der Waals surface area contributed by atoms with E-state index in [1.807, 2.05) is 0 Å². The van der Waals surface area contributed by atoms with Crippen molar-refractivity contribution < 1.29 is 23.9 Å². The van der Waals surface area contributed by atoms with Crippen molar-refractivity contribution in [1.29, 1.82) is 0 Å². The Hall–Kier alpha value is -1.39. The minimum Gasteiger partial charge on any atom is -0.469 e. The van der Waals surface area contributed by atoms with Crippen LogP contribution in [0.15, 0.2) is 0 Å². The molecule has 2 unspecified atom stereocenters. The fourth-order valence-corrected chi connectivity index (χ4v) is 3.78. The number of hydrogen-bond acceptors (Lipinski definition) is 5. The highest BCUT2D eigenvalue weighted by molar-refractivity contribution is 5.96. The molecule has 0 aromatic heterocycles. The molecule has 0 spiro atoms. The van der Waals surface area contributed by atoms with Crippen molar-refractivity contribution in [2.75, 3.05) is 7.11 Å². The molecule has 0 N–H and O–H groups in total. The van der Waals surface area contributed by atoms with E-state index in [0.717, 1.165) is 0 Å². The third-order valence-electron chi connectivity index (χ3n) is 4.19. The normalized spacial score (nSPS) is 43.3. The number of hydrogen-bond donors (Lipinski definition) is 0. The zero-order valence-electron chi connectivity index (χ0n) is 11.2. The fourth-order valence-electron chi connectivity index (χ4n) is 3.78. The first-order valence-electron chi connectivity index (χ1n) is 6.00. The van der Waals surface area contributed by atoms with Crippen LogP contribution in [0.2, 0.25) is 0 Å². The predicted octanol–water partition coefficient (Wildman–Crippen LogP) is 1.45. The summed E-state index contributed by atoms with van der Waals surface area (Å²) in [6.45, 7) is 5.25. The van der Waals surface area contributed by atoms with Gasteiger partial charge in [-0.3, -0.25) is 14.4 Å². The molecular formula is C13H18O5. The SMILES string of the molecule is COC(=O)C1(C)CC2(C)CC(C)(C1)C(=O)OC2=O. The Morgan fingerprint density at radius 1 is 1.06 bits per heavy atom. The Morgan fingerprint density at radius 3 is 1.89 bits per heavy atom. The molecule has 1 aliphatic heterocycles. The van der Waals surface area contributed by atoms with Crippen LogP contribution in [0.3, 0.4) is 0 Å². The van der Waals surface area contributed by atoms with Gasteiger partial charge < -0.3 is 9.47 Å². The second-order valence-corrected chi connectivity index (χ2v) is 6.38. The molecule has 1 heterocycles. The van der Waals surface area contributed by atoms with Crippen molar-refractivity contribution in [2.45, 2.75) is 40.0 Å². The molecule has 5 heteroatoms. The topological polar surface area (TPSA) is 69.7 Å². The second-order valence-electron chi connectivity index (χ2n) is 6.38.